The fourth-order valence-electron chi connectivity index (χ4n) is 4.14. The zero-order valence-corrected chi connectivity index (χ0v) is 19.7. The van der Waals surface area contributed by atoms with E-state index >= 15 is 0 Å². The van der Waals surface area contributed by atoms with E-state index in [9.17, 15) is 14.9 Å². The van der Waals surface area contributed by atoms with Crippen LogP contribution in [-0.4, -0.2) is 17.6 Å². The Kier molecular flexibility index (Phi) is 5.77. The highest BCUT2D eigenvalue weighted by molar-refractivity contribution is 7.07. The molecule has 0 aliphatic carbocycles. The summed E-state index contributed by atoms with van der Waals surface area (Å²) in [5.41, 5.74) is 2.51. The number of fused-ring (bicyclic) bond motifs is 1. The van der Waals surface area contributed by atoms with Crippen molar-refractivity contribution in [3.8, 4) is 17.4 Å². The number of allylic oxidation sites excluding steroid dienone is 1. The monoisotopic (exact) mass is 481 g/mol. The average molecular weight is 482 g/mol. The Morgan fingerprint density at radius 2 is 1.89 bits per heavy atom. The Labute approximate surface area is 204 Å². The van der Waals surface area contributed by atoms with Crippen LogP contribution in [0.2, 0.25) is 0 Å². The van der Waals surface area contributed by atoms with Gasteiger partial charge in [-0.3, -0.25) is 9.36 Å². The zero-order valence-electron chi connectivity index (χ0n) is 18.9. The SMILES string of the molecule is COC(=O)C1=C(C)N=c2sc(=Cc3ccc(-c4ccccc4C#N)o3)c(=O)n2C1c1ccccc1. The van der Waals surface area contributed by atoms with Crippen LogP contribution in [0, 0.1) is 11.3 Å². The third-order valence-electron chi connectivity index (χ3n) is 5.76. The highest BCUT2D eigenvalue weighted by Crippen LogP contribution is 2.30. The van der Waals surface area contributed by atoms with Crippen molar-refractivity contribution in [1.29, 1.82) is 5.26 Å². The number of thiazole rings is 1. The molecule has 0 radical (unpaired) electrons. The number of hydrogen-bond acceptors (Lipinski definition) is 7. The van der Waals surface area contributed by atoms with Gasteiger partial charge in [0.05, 0.1) is 40.6 Å². The number of nitrogens with zero attached hydrogens (tertiary/aromatic N) is 3. The van der Waals surface area contributed by atoms with E-state index in [1.807, 2.05) is 42.5 Å². The molecule has 1 aliphatic heterocycles. The number of benzene rings is 2. The molecule has 0 bridgehead atoms. The number of aromatic nitrogens is 1. The first kappa shape index (κ1) is 22.3. The summed E-state index contributed by atoms with van der Waals surface area (Å²) < 4.78 is 12.9. The number of carbonyl (C=O) groups excluding carboxylic acids is 1. The molecule has 0 saturated carbocycles. The van der Waals surface area contributed by atoms with E-state index in [0.717, 1.165) is 5.56 Å². The number of nitriles is 1. The van der Waals surface area contributed by atoms with E-state index in [1.165, 1.54) is 23.0 Å². The normalized spacial score (nSPS) is 15.3. The summed E-state index contributed by atoms with van der Waals surface area (Å²) in [6.07, 6.45) is 1.65. The fourth-order valence-corrected chi connectivity index (χ4v) is 5.17. The van der Waals surface area contributed by atoms with Gasteiger partial charge in [-0.1, -0.05) is 53.8 Å². The molecule has 0 fully saturated rings. The van der Waals surface area contributed by atoms with Gasteiger partial charge in [0.2, 0.25) is 0 Å². The van der Waals surface area contributed by atoms with Gasteiger partial charge in [-0.05, 0) is 36.8 Å². The van der Waals surface area contributed by atoms with Gasteiger partial charge in [0.1, 0.15) is 11.5 Å². The molecule has 172 valence electrons. The second kappa shape index (κ2) is 9.05. The smallest absolute Gasteiger partial charge is 0.338 e. The topological polar surface area (TPSA) is 97.6 Å². The maximum Gasteiger partial charge on any atom is 0.338 e. The minimum Gasteiger partial charge on any atom is -0.466 e. The van der Waals surface area contributed by atoms with Crippen LogP contribution in [0.25, 0.3) is 17.4 Å². The maximum absolute atomic E-state index is 13.6. The molecule has 0 N–H and O–H groups in total. The van der Waals surface area contributed by atoms with E-state index in [2.05, 4.69) is 11.1 Å². The van der Waals surface area contributed by atoms with Crippen molar-refractivity contribution in [2.45, 2.75) is 13.0 Å². The summed E-state index contributed by atoms with van der Waals surface area (Å²) in [5, 5.41) is 9.38. The third kappa shape index (κ3) is 3.92. The minimum absolute atomic E-state index is 0.285. The Morgan fingerprint density at radius 1 is 1.14 bits per heavy atom. The third-order valence-corrected chi connectivity index (χ3v) is 6.74. The Bertz CT molecular complexity index is 1700. The standard InChI is InChI=1S/C27H19N3O4S/c1-16-23(26(32)33-2)24(17-8-4-3-5-9-17)30-25(31)22(35-27(30)29-16)14-19-12-13-21(34-19)20-11-7-6-10-18(20)15-28/h3-14,24H,1-2H3. The van der Waals surface area contributed by atoms with Crippen molar-refractivity contribution < 1.29 is 13.9 Å². The molecule has 0 spiro atoms. The van der Waals surface area contributed by atoms with Crippen LogP contribution < -0.4 is 14.9 Å². The Balaban J connectivity index is 1.65. The molecule has 4 aromatic rings. The molecule has 1 atom stereocenters. The minimum atomic E-state index is -0.656. The summed E-state index contributed by atoms with van der Waals surface area (Å²) in [7, 11) is 1.31. The quantitative estimate of drug-likeness (QED) is 0.415. The number of carbonyl (C=O) groups is 1. The van der Waals surface area contributed by atoms with Gasteiger partial charge in [-0.15, -0.1) is 0 Å². The average Bonchev–Trinajstić information content (AvgIpc) is 3.47. The van der Waals surface area contributed by atoms with Crippen molar-refractivity contribution in [2.24, 2.45) is 4.99 Å². The number of hydrogen-bond donors (Lipinski definition) is 0. The summed E-state index contributed by atoms with van der Waals surface area (Å²) in [6.45, 7) is 1.74. The summed E-state index contributed by atoms with van der Waals surface area (Å²) in [6, 6.07) is 21.5. The number of ether oxygens (including phenoxy) is 1. The highest BCUT2D eigenvalue weighted by atomic mass is 32.1. The predicted molar refractivity (Wildman–Crippen MR) is 131 cm³/mol. The molecular weight excluding hydrogens is 462 g/mol. The second-order valence-electron chi connectivity index (χ2n) is 7.84. The number of rotatable bonds is 4. The van der Waals surface area contributed by atoms with Crippen LogP contribution in [0.1, 0.15) is 29.9 Å². The molecule has 2 aromatic heterocycles. The van der Waals surface area contributed by atoms with Crippen LogP contribution in [0.5, 0.6) is 0 Å². The highest BCUT2D eigenvalue weighted by Gasteiger charge is 2.32. The molecular formula is C27H19N3O4S. The molecule has 35 heavy (non-hydrogen) atoms. The molecule has 0 saturated heterocycles. The lowest BCUT2D eigenvalue weighted by Gasteiger charge is -2.24. The van der Waals surface area contributed by atoms with Crippen molar-refractivity contribution >= 4 is 23.4 Å². The van der Waals surface area contributed by atoms with Gasteiger partial charge in [0, 0.05) is 11.6 Å². The maximum atomic E-state index is 13.6. The molecule has 7 nitrogen and oxygen atoms in total. The van der Waals surface area contributed by atoms with E-state index in [1.54, 1.807) is 37.3 Å². The molecule has 0 amide bonds. The second-order valence-corrected chi connectivity index (χ2v) is 8.85. The van der Waals surface area contributed by atoms with Crippen LogP contribution in [0.15, 0.2) is 92.2 Å². The van der Waals surface area contributed by atoms with E-state index in [4.69, 9.17) is 9.15 Å². The van der Waals surface area contributed by atoms with Gasteiger partial charge < -0.3 is 9.15 Å². The molecule has 1 aliphatic rings. The lowest BCUT2D eigenvalue weighted by molar-refractivity contribution is -0.136. The van der Waals surface area contributed by atoms with Gasteiger partial charge >= 0.3 is 5.97 Å². The van der Waals surface area contributed by atoms with Crippen molar-refractivity contribution in [2.75, 3.05) is 7.11 Å². The van der Waals surface area contributed by atoms with E-state index in [0.29, 0.717) is 43.3 Å². The zero-order chi connectivity index (χ0) is 24.5. The first-order valence-electron chi connectivity index (χ1n) is 10.8. The van der Waals surface area contributed by atoms with E-state index in [-0.39, 0.29) is 5.56 Å². The fraction of sp³-hybridized carbons (Fsp3) is 0.111. The van der Waals surface area contributed by atoms with Crippen molar-refractivity contribution in [1.82, 2.24) is 4.57 Å². The van der Waals surface area contributed by atoms with Crippen molar-refractivity contribution in [3.05, 3.63) is 115 Å². The Morgan fingerprint density at radius 3 is 2.63 bits per heavy atom. The number of methoxy groups -OCH3 is 1. The lowest BCUT2D eigenvalue weighted by Crippen LogP contribution is -2.39. The first-order valence-corrected chi connectivity index (χ1v) is 11.6. The number of furan rings is 1. The van der Waals surface area contributed by atoms with Gasteiger partial charge in [-0.2, -0.15) is 5.26 Å². The van der Waals surface area contributed by atoms with Crippen LogP contribution in [-0.2, 0) is 9.53 Å². The lowest BCUT2D eigenvalue weighted by atomic mass is 9.96. The summed E-state index contributed by atoms with van der Waals surface area (Å²) >= 11 is 1.22. The predicted octanol–water partition coefficient (Wildman–Crippen LogP) is 3.54. The van der Waals surface area contributed by atoms with Gasteiger partial charge in [0.15, 0.2) is 4.80 Å². The van der Waals surface area contributed by atoms with Gasteiger partial charge in [0.25, 0.3) is 5.56 Å². The van der Waals surface area contributed by atoms with Crippen molar-refractivity contribution in [3.63, 3.8) is 0 Å². The summed E-state index contributed by atoms with van der Waals surface area (Å²) in [4.78, 5) is 31.3. The van der Waals surface area contributed by atoms with Gasteiger partial charge in [-0.25, -0.2) is 9.79 Å². The van der Waals surface area contributed by atoms with Crippen LogP contribution in [0.3, 0.4) is 0 Å². The van der Waals surface area contributed by atoms with Crippen LogP contribution in [0.4, 0.5) is 0 Å². The molecule has 3 heterocycles. The number of esters is 1. The molecule has 5 rings (SSSR count). The molecule has 8 heteroatoms. The molecule has 2 aromatic carbocycles. The van der Waals surface area contributed by atoms with Crippen LogP contribution >= 0.6 is 11.3 Å². The Hall–Kier alpha value is -4.48. The summed E-state index contributed by atoms with van der Waals surface area (Å²) in [5.74, 6) is 0.478. The largest absolute Gasteiger partial charge is 0.466 e. The molecule has 1 unspecified atom stereocenters. The first-order chi connectivity index (χ1) is 17.0. The van der Waals surface area contributed by atoms with E-state index < -0.39 is 12.0 Å².